The van der Waals surface area contributed by atoms with Gasteiger partial charge in [0.05, 0.1) is 17.6 Å². The second-order valence-corrected chi connectivity index (χ2v) is 2.91. The van der Waals surface area contributed by atoms with Gasteiger partial charge in [0.2, 0.25) is 0 Å². The lowest BCUT2D eigenvalue weighted by Gasteiger charge is -1.94. The van der Waals surface area contributed by atoms with Crippen LogP contribution in [-0.2, 0) is 7.05 Å². The van der Waals surface area contributed by atoms with Gasteiger partial charge in [-0.05, 0) is 13.8 Å². The molecule has 0 saturated heterocycles. The minimum absolute atomic E-state index is 0.723. The van der Waals surface area contributed by atoms with Crippen LogP contribution in [0.4, 0.5) is 0 Å². The molecule has 0 saturated carbocycles. The molecule has 0 aliphatic rings. The molecular formula is C10H16N4. The third-order valence-electron chi connectivity index (χ3n) is 1.88. The van der Waals surface area contributed by atoms with E-state index in [0.29, 0.717) is 0 Å². The Bertz CT molecular complexity index is 392. The fourth-order valence-corrected chi connectivity index (χ4v) is 1.12. The highest BCUT2D eigenvalue weighted by Gasteiger charge is 2.03. The average Bonchev–Trinajstić information content (AvgIpc) is 2.49. The van der Waals surface area contributed by atoms with Gasteiger partial charge in [0, 0.05) is 7.05 Å². The van der Waals surface area contributed by atoms with Crippen molar-refractivity contribution in [3.05, 3.63) is 17.6 Å². The van der Waals surface area contributed by atoms with Crippen molar-refractivity contribution < 1.29 is 0 Å². The molecule has 0 fully saturated rings. The van der Waals surface area contributed by atoms with Crippen molar-refractivity contribution in [2.24, 2.45) is 7.05 Å². The summed E-state index contributed by atoms with van der Waals surface area (Å²) in [5.41, 5.74) is 3.50. The van der Waals surface area contributed by atoms with Crippen molar-refractivity contribution in [1.29, 1.82) is 0 Å². The molecule has 0 N–H and O–H groups in total. The lowest BCUT2D eigenvalue weighted by Crippen LogP contribution is -1.91. The van der Waals surface area contributed by atoms with Crippen molar-refractivity contribution in [3.8, 4) is 0 Å². The highest BCUT2D eigenvalue weighted by atomic mass is 15.3. The van der Waals surface area contributed by atoms with Crippen LogP contribution in [-0.4, -0.2) is 19.7 Å². The molecule has 0 spiro atoms. The van der Waals surface area contributed by atoms with Crippen LogP contribution in [0.5, 0.6) is 0 Å². The van der Waals surface area contributed by atoms with Crippen LogP contribution in [0.1, 0.15) is 25.2 Å². The molecule has 0 atom stereocenters. The molecule has 0 radical (unpaired) electrons. The molecule has 2 rings (SSSR count). The molecule has 0 aliphatic heterocycles. The number of aryl methyl sites for hydroxylation is 3. The average molecular weight is 192 g/mol. The van der Waals surface area contributed by atoms with Gasteiger partial charge in [-0.1, -0.05) is 13.8 Å². The zero-order valence-corrected chi connectivity index (χ0v) is 9.37. The number of nitrogens with zero attached hydrogens (tertiary/aromatic N) is 4. The Kier molecular flexibility index (Phi) is 3.17. The van der Waals surface area contributed by atoms with Gasteiger partial charge in [0.15, 0.2) is 5.65 Å². The summed E-state index contributed by atoms with van der Waals surface area (Å²) >= 11 is 0. The number of hydrogen-bond donors (Lipinski definition) is 0. The first-order chi connectivity index (χ1) is 6.66. The molecule has 0 unspecified atom stereocenters. The van der Waals surface area contributed by atoms with Gasteiger partial charge in [-0.15, -0.1) is 0 Å². The second kappa shape index (κ2) is 4.17. The molecule has 76 valence electrons. The van der Waals surface area contributed by atoms with E-state index in [2.05, 4.69) is 15.1 Å². The maximum absolute atomic E-state index is 4.35. The molecule has 0 bridgehead atoms. The van der Waals surface area contributed by atoms with E-state index in [0.717, 1.165) is 22.6 Å². The molecule has 2 aromatic rings. The van der Waals surface area contributed by atoms with Crippen molar-refractivity contribution >= 4 is 11.2 Å². The van der Waals surface area contributed by atoms with Crippen LogP contribution < -0.4 is 0 Å². The molecule has 2 heterocycles. The minimum Gasteiger partial charge on any atom is -0.271 e. The van der Waals surface area contributed by atoms with Crippen molar-refractivity contribution in [2.45, 2.75) is 27.7 Å². The van der Waals surface area contributed by atoms with E-state index in [-0.39, 0.29) is 0 Å². The zero-order chi connectivity index (χ0) is 10.7. The smallest absolute Gasteiger partial charge is 0.200 e. The van der Waals surface area contributed by atoms with Crippen molar-refractivity contribution in [2.75, 3.05) is 0 Å². The van der Waals surface area contributed by atoms with Gasteiger partial charge < -0.3 is 0 Å². The third-order valence-corrected chi connectivity index (χ3v) is 1.88. The Morgan fingerprint density at radius 1 is 1.07 bits per heavy atom. The summed E-state index contributed by atoms with van der Waals surface area (Å²) in [6.07, 6.45) is 1.87. The van der Waals surface area contributed by atoms with E-state index in [4.69, 9.17) is 0 Å². The molecular weight excluding hydrogens is 176 g/mol. The SMILES string of the molecule is CC.Cc1nc2cn(C)nc2nc1C. The number of rotatable bonds is 0. The number of fused-ring (bicyclic) bond motifs is 1. The fraction of sp³-hybridized carbons (Fsp3) is 0.500. The van der Waals surface area contributed by atoms with E-state index in [1.807, 2.05) is 40.9 Å². The Morgan fingerprint density at radius 2 is 1.64 bits per heavy atom. The van der Waals surface area contributed by atoms with Crippen LogP contribution in [0, 0.1) is 13.8 Å². The summed E-state index contributed by atoms with van der Waals surface area (Å²) in [6, 6.07) is 0. The normalized spacial score (nSPS) is 9.79. The van der Waals surface area contributed by atoms with Gasteiger partial charge in [0.25, 0.3) is 0 Å². The Labute approximate surface area is 84.0 Å². The third kappa shape index (κ3) is 1.89. The predicted octanol–water partition coefficient (Wildman–Crippen LogP) is 2.01. The first kappa shape index (κ1) is 10.6. The summed E-state index contributed by atoms with van der Waals surface area (Å²) < 4.78 is 1.73. The highest BCUT2D eigenvalue weighted by molar-refractivity contribution is 5.68. The van der Waals surface area contributed by atoms with Crippen LogP contribution in [0.2, 0.25) is 0 Å². The zero-order valence-electron chi connectivity index (χ0n) is 9.37. The molecule has 14 heavy (non-hydrogen) atoms. The Hall–Kier alpha value is -1.45. The first-order valence-corrected chi connectivity index (χ1v) is 4.81. The summed E-state index contributed by atoms with van der Waals surface area (Å²) in [4.78, 5) is 8.65. The van der Waals surface area contributed by atoms with Gasteiger partial charge in [-0.25, -0.2) is 9.97 Å². The number of aromatic nitrogens is 4. The lowest BCUT2D eigenvalue weighted by atomic mass is 10.3. The van der Waals surface area contributed by atoms with E-state index < -0.39 is 0 Å². The van der Waals surface area contributed by atoms with Gasteiger partial charge in [0.1, 0.15) is 5.52 Å². The molecule has 4 nitrogen and oxygen atoms in total. The summed E-state index contributed by atoms with van der Waals surface area (Å²) in [7, 11) is 1.87. The molecule has 0 aliphatic carbocycles. The fourth-order valence-electron chi connectivity index (χ4n) is 1.12. The number of hydrogen-bond acceptors (Lipinski definition) is 3. The van der Waals surface area contributed by atoms with E-state index >= 15 is 0 Å². The van der Waals surface area contributed by atoms with Gasteiger partial charge in [-0.3, -0.25) is 4.68 Å². The van der Waals surface area contributed by atoms with Crippen LogP contribution in [0.15, 0.2) is 6.20 Å². The van der Waals surface area contributed by atoms with Crippen LogP contribution >= 0.6 is 0 Å². The van der Waals surface area contributed by atoms with Crippen LogP contribution in [0.3, 0.4) is 0 Å². The highest BCUT2D eigenvalue weighted by Crippen LogP contribution is 2.08. The maximum atomic E-state index is 4.35. The quantitative estimate of drug-likeness (QED) is 0.641. The largest absolute Gasteiger partial charge is 0.271 e. The van der Waals surface area contributed by atoms with Crippen molar-refractivity contribution in [3.63, 3.8) is 0 Å². The van der Waals surface area contributed by atoms with Crippen LogP contribution in [0.25, 0.3) is 11.2 Å². The monoisotopic (exact) mass is 192 g/mol. The van der Waals surface area contributed by atoms with E-state index in [1.165, 1.54) is 0 Å². The standard InChI is InChI=1S/C8H10N4.C2H6/c1-5-6(2)10-8-7(9-5)4-12(3)11-8;1-2/h4H,1-3H3;1-2H3. The van der Waals surface area contributed by atoms with E-state index in [9.17, 15) is 0 Å². The predicted molar refractivity (Wildman–Crippen MR) is 57.1 cm³/mol. The minimum atomic E-state index is 0.723. The first-order valence-electron chi connectivity index (χ1n) is 4.81. The summed E-state index contributed by atoms with van der Waals surface area (Å²) in [6.45, 7) is 7.89. The molecule has 0 aromatic carbocycles. The second-order valence-electron chi connectivity index (χ2n) is 2.91. The van der Waals surface area contributed by atoms with Crippen molar-refractivity contribution in [1.82, 2.24) is 19.7 Å². The maximum Gasteiger partial charge on any atom is 0.200 e. The summed E-state index contributed by atoms with van der Waals surface area (Å²) in [5.74, 6) is 0. The Morgan fingerprint density at radius 3 is 2.29 bits per heavy atom. The lowest BCUT2D eigenvalue weighted by molar-refractivity contribution is 0.775. The van der Waals surface area contributed by atoms with Gasteiger partial charge >= 0.3 is 0 Å². The summed E-state index contributed by atoms with van der Waals surface area (Å²) in [5, 5.41) is 4.16. The van der Waals surface area contributed by atoms with Gasteiger partial charge in [-0.2, -0.15) is 5.10 Å². The molecule has 4 heteroatoms. The topological polar surface area (TPSA) is 43.6 Å². The molecule has 2 aromatic heterocycles. The molecule has 0 amide bonds. The Balaban J connectivity index is 0.000000461. The van der Waals surface area contributed by atoms with E-state index in [1.54, 1.807) is 4.68 Å².